The molecule has 2 amide bonds. The van der Waals surface area contributed by atoms with Gasteiger partial charge in [0.15, 0.2) is 6.10 Å². The fraction of sp³-hybridized carbons (Fsp3) is 0.300. The van der Waals surface area contributed by atoms with Crippen LogP contribution in [0.1, 0.15) is 29.7 Å². The highest BCUT2D eigenvalue weighted by Gasteiger charge is 2.38. The number of carbonyl (C=O) groups excluding carboxylic acids is 2. The van der Waals surface area contributed by atoms with Crippen molar-refractivity contribution in [3.63, 3.8) is 0 Å². The minimum Gasteiger partial charge on any atom is -0.378 e. The molecule has 1 saturated heterocycles. The standard InChI is InChI=1S/C20H22N2O3/c1-22-17(23)12-16(18(22)14-8-4-2-5-9-14)13-21-20(25)19(24)15-10-6-3-7-11-15/h2-11,16,18-19,24H,12-13H2,1H3,(H,21,25)/t16-,18-,19-/m0/s1. The van der Waals surface area contributed by atoms with Gasteiger partial charge in [0.1, 0.15) is 0 Å². The monoisotopic (exact) mass is 338 g/mol. The van der Waals surface area contributed by atoms with Crippen LogP contribution in [0, 0.1) is 5.92 Å². The number of hydrogen-bond donors (Lipinski definition) is 2. The fourth-order valence-corrected chi connectivity index (χ4v) is 3.40. The van der Waals surface area contributed by atoms with Crippen LogP contribution in [0.3, 0.4) is 0 Å². The molecule has 1 heterocycles. The maximum atomic E-state index is 12.2. The van der Waals surface area contributed by atoms with Gasteiger partial charge in [-0.25, -0.2) is 0 Å². The van der Waals surface area contributed by atoms with Gasteiger partial charge in [-0.1, -0.05) is 60.7 Å². The average molecular weight is 338 g/mol. The van der Waals surface area contributed by atoms with Crippen LogP contribution >= 0.6 is 0 Å². The van der Waals surface area contributed by atoms with Gasteiger partial charge < -0.3 is 15.3 Å². The van der Waals surface area contributed by atoms with Crippen LogP contribution in [0.25, 0.3) is 0 Å². The molecule has 0 spiro atoms. The first kappa shape index (κ1) is 17.2. The number of nitrogens with one attached hydrogen (secondary N) is 1. The Morgan fingerprint density at radius 1 is 1.16 bits per heavy atom. The molecule has 5 nitrogen and oxygen atoms in total. The van der Waals surface area contributed by atoms with E-state index in [2.05, 4.69) is 5.32 Å². The normalized spacial score (nSPS) is 21.2. The third-order valence-electron chi connectivity index (χ3n) is 4.74. The molecule has 2 N–H and O–H groups in total. The molecule has 0 unspecified atom stereocenters. The zero-order valence-electron chi connectivity index (χ0n) is 14.1. The van der Waals surface area contributed by atoms with Gasteiger partial charge in [-0.3, -0.25) is 9.59 Å². The number of aliphatic hydroxyl groups excluding tert-OH is 1. The van der Waals surface area contributed by atoms with Gasteiger partial charge in [0, 0.05) is 25.9 Å². The first-order valence-corrected chi connectivity index (χ1v) is 8.39. The summed E-state index contributed by atoms with van der Waals surface area (Å²) >= 11 is 0. The lowest BCUT2D eigenvalue weighted by Crippen LogP contribution is -2.35. The summed E-state index contributed by atoms with van der Waals surface area (Å²) in [6.45, 7) is 0.346. The summed E-state index contributed by atoms with van der Waals surface area (Å²) in [5.41, 5.74) is 1.61. The number of amides is 2. The van der Waals surface area contributed by atoms with E-state index >= 15 is 0 Å². The van der Waals surface area contributed by atoms with E-state index in [-0.39, 0.29) is 17.9 Å². The second-order valence-electron chi connectivity index (χ2n) is 6.38. The first-order valence-electron chi connectivity index (χ1n) is 8.39. The van der Waals surface area contributed by atoms with Crippen molar-refractivity contribution < 1.29 is 14.7 Å². The molecular formula is C20H22N2O3. The molecule has 3 atom stereocenters. The second-order valence-corrected chi connectivity index (χ2v) is 6.38. The summed E-state index contributed by atoms with van der Waals surface area (Å²) in [5.74, 6) is -0.399. The molecule has 0 aliphatic carbocycles. The highest BCUT2D eigenvalue weighted by atomic mass is 16.3. The van der Waals surface area contributed by atoms with Gasteiger partial charge in [0.05, 0.1) is 6.04 Å². The smallest absolute Gasteiger partial charge is 0.253 e. The molecule has 0 radical (unpaired) electrons. The zero-order valence-corrected chi connectivity index (χ0v) is 14.1. The highest BCUT2D eigenvalue weighted by molar-refractivity contribution is 5.82. The molecule has 1 aliphatic rings. The van der Waals surface area contributed by atoms with Gasteiger partial charge in [-0.05, 0) is 11.1 Å². The minimum atomic E-state index is -1.20. The molecule has 130 valence electrons. The van der Waals surface area contributed by atoms with Crippen LogP contribution in [0.4, 0.5) is 0 Å². The first-order chi connectivity index (χ1) is 12.1. The third-order valence-corrected chi connectivity index (χ3v) is 4.74. The third kappa shape index (κ3) is 3.72. The van der Waals surface area contributed by atoms with Crippen molar-refractivity contribution in [2.24, 2.45) is 5.92 Å². The quantitative estimate of drug-likeness (QED) is 0.877. The zero-order chi connectivity index (χ0) is 17.8. The molecule has 2 aromatic rings. The van der Waals surface area contributed by atoms with E-state index in [1.165, 1.54) is 0 Å². The van der Waals surface area contributed by atoms with Crippen molar-refractivity contribution in [3.05, 3.63) is 71.8 Å². The average Bonchev–Trinajstić information content (AvgIpc) is 2.94. The molecule has 0 saturated carbocycles. The molecule has 2 aromatic carbocycles. The molecular weight excluding hydrogens is 316 g/mol. The van der Waals surface area contributed by atoms with Gasteiger partial charge in [-0.15, -0.1) is 0 Å². The van der Waals surface area contributed by atoms with Crippen LogP contribution in [-0.2, 0) is 9.59 Å². The second kappa shape index (κ2) is 7.49. The summed E-state index contributed by atoms with van der Waals surface area (Å²) in [6.07, 6.45) is -0.816. The number of likely N-dealkylation sites (tertiary alicyclic amines) is 1. The Morgan fingerprint density at radius 3 is 2.40 bits per heavy atom. The topological polar surface area (TPSA) is 69.6 Å². The summed E-state index contributed by atoms with van der Waals surface area (Å²) in [6, 6.07) is 18.6. The molecule has 0 aromatic heterocycles. The summed E-state index contributed by atoms with van der Waals surface area (Å²) in [5, 5.41) is 13.0. The van der Waals surface area contributed by atoms with Crippen LogP contribution in [-0.4, -0.2) is 35.4 Å². The van der Waals surface area contributed by atoms with Crippen molar-refractivity contribution >= 4 is 11.8 Å². The van der Waals surface area contributed by atoms with Crippen molar-refractivity contribution in [1.82, 2.24) is 10.2 Å². The van der Waals surface area contributed by atoms with Gasteiger partial charge in [-0.2, -0.15) is 0 Å². The maximum Gasteiger partial charge on any atom is 0.253 e. The predicted octanol–water partition coefficient (Wildman–Crippen LogP) is 2.06. The van der Waals surface area contributed by atoms with Crippen LogP contribution in [0.2, 0.25) is 0 Å². The Kier molecular flexibility index (Phi) is 5.14. The maximum absolute atomic E-state index is 12.2. The molecule has 0 bridgehead atoms. The molecule has 25 heavy (non-hydrogen) atoms. The molecule has 1 fully saturated rings. The summed E-state index contributed by atoms with van der Waals surface area (Å²) < 4.78 is 0. The van der Waals surface area contributed by atoms with Crippen LogP contribution in [0.15, 0.2) is 60.7 Å². The lowest BCUT2D eigenvalue weighted by Gasteiger charge is -2.26. The molecule has 3 rings (SSSR count). The summed E-state index contributed by atoms with van der Waals surface area (Å²) in [7, 11) is 1.79. The van der Waals surface area contributed by atoms with E-state index in [9.17, 15) is 14.7 Å². The molecule has 1 aliphatic heterocycles. The van der Waals surface area contributed by atoms with Crippen molar-refractivity contribution in [3.8, 4) is 0 Å². The Balaban J connectivity index is 1.67. The van der Waals surface area contributed by atoms with Crippen molar-refractivity contribution in [1.29, 1.82) is 0 Å². The van der Waals surface area contributed by atoms with Gasteiger partial charge >= 0.3 is 0 Å². The number of benzene rings is 2. The number of aliphatic hydroxyl groups is 1. The SMILES string of the molecule is CN1C(=O)C[C@@H](CNC(=O)[C@@H](O)c2ccccc2)[C@@H]1c1ccccc1. The lowest BCUT2D eigenvalue weighted by atomic mass is 9.93. The highest BCUT2D eigenvalue weighted by Crippen LogP contribution is 2.36. The molecule has 5 heteroatoms. The van der Waals surface area contributed by atoms with E-state index in [4.69, 9.17) is 0 Å². The van der Waals surface area contributed by atoms with Gasteiger partial charge in [0.25, 0.3) is 5.91 Å². The van der Waals surface area contributed by atoms with E-state index in [0.29, 0.717) is 18.5 Å². The van der Waals surface area contributed by atoms with Crippen LogP contribution < -0.4 is 5.32 Å². The Hall–Kier alpha value is -2.66. The van der Waals surface area contributed by atoms with Gasteiger partial charge in [0.2, 0.25) is 5.91 Å². The number of nitrogens with zero attached hydrogens (tertiary/aromatic N) is 1. The lowest BCUT2D eigenvalue weighted by molar-refractivity contribution is -0.130. The predicted molar refractivity (Wildman–Crippen MR) is 94.5 cm³/mol. The van der Waals surface area contributed by atoms with E-state index in [1.54, 1.807) is 36.2 Å². The van der Waals surface area contributed by atoms with E-state index < -0.39 is 12.0 Å². The summed E-state index contributed by atoms with van der Waals surface area (Å²) in [4.78, 5) is 26.1. The largest absolute Gasteiger partial charge is 0.378 e. The van der Waals surface area contributed by atoms with Crippen molar-refractivity contribution in [2.75, 3.05) is 13.6 Å². The number of carbonyl (C=O) groups is 2. The number of rotatable bonds is 5. The van der Waals surface area contributed by atoms with E-state index in [0.717, 1.165) is 5.56 Å². The Labute approximate surface area is 147 Å². The Bertz CT molecular complexity index is 733. The van der Waals surface area contributed by atoms with E-state index in [1.807, 2.05) is 36.4 Å². The van der Waals surface area contributed by atoms with Crippen LogP contribution in [0.5, 0.6) is 0 Å². The number of hydrogen-bond acceptors (Lipinski definition) is 3. The Morgan fingerprint density at radius 2 is 1.76 bits per heavy atom. The minimum absolute atomic E-state index is 0.0215. The fourth-order valence-electron chi connectivity index (χ4n) is 3.40. The van der Waals surface area contributed by atoms with Crippen molar-refractivity contribution in [2.45, 2.75) is 18.6 Å².